The molecule has 8 heteroatoms. The van der Waals surface area contributed by atoms with Gasteiger partial charge in [0, 0.05) is 6.54 Å². The highest BCUT2D eigenvalue weighted by molar-refractivity contribution is 5.85. The standard InChI is InChI=1S/C21H13F3N4O/c22-21(23,24)13-5-6-15-18(10-13)27-19-12(7-8-28(19)20(15)29)9-14-11-25-16-3-1-2-4-17(16)26-14/h1-6,9-11H,7-8H2/b12-9+. The van der Waals surface area contributed by atoms with Crippen LogP contribution in [0.25, 0.3) is 33.6 Å². The second kappa shape index (κ2) is 6.23. The van der Waals surface area contributed by atoms with Crippen molar-refractivity contribution < 1.29 is 13.2 Å². The average molecular weight is 394 g/mol. The fraction of sp³-hybridized carbons (Fsp3) is 0.143. The molecule has 3 heterocycles. The number of rotatable bonds is 1. The van der Waals surface area contributed by atoms with Crippen LogP contribution in [0.4, 0.5) is 13.2 Å². The van der Waals surface area contributed by atoms with E-state index in [9.17, 15) is 18.0 Å². The highest BCUT2D eigenvalue weighted by Gasteiger charge is 2.31. The van der Waals surface area contributed by atoms with Crippen LogP contribution in [0.1, 0.15) is 23.5 Å². The Labute approximate surface area is 162 Å². The van der Waals surface area contributed by atoms with Crippen LogP contribution in [-0.4, -0.2) is 19.5 Å². The molecule has 5 rings (SSSR count). The lowest BCUT2D eigenvalue weighted by molar-refractivity contribution is -0.137. The molecule has 0 amide bonds. The summed E-state index contributed by atoms with van der Waals surface area (Å²) < 4.78 is 40.6. The number of alkyl halides is 3. The van der Waals surface area contributed by atoms with Gasteiger partial charge in [0.15, 0.2) is 0 Å². The molecule has 29 heavy (non-hydrogen) atoms. The number of halogens is 3. The van der Waals surface area contributed by atoms with Gasteiger partial charge in [0.1, 0.15) is 5.82 Å². The van der Waals surface area contributed by atoms with E-state index in [1.54, 1.807) is 12.3 Å². The highest BCUT2D eigenvalue weighted by atomic mass is 19.4. The lowest BCUT2D eigenvalue weighted by Gasteiger charge is -2.09. The van der Waals surface area contributed by atoms with Gasteiger partial charge in [-0.15, -0.1) is 0 Å². The monoisotopic (exact) mass is 394 g/mol. The molecule has 0 bridgehead atoms. The number of hydrogen-bond acceptors (Lipinski definition) is 4. The van der Waals surface area contributed by atoms with Gasteiger partial charge in [-0.1, -0.05) is 12.1 Å². The maximum Gasteiger partial charge on any atom is 0.416 e. The van der Waals surface area contributed by atoms with Gasteiger partial charge >= 0.3 is 6.18 Å². The number of hydrogen-bond donors (Lipinski definition) is 0. The molecule has 0 spiro atoms. The highest BCUT2D eigenvalue weighted by Crippen LogP contribution is 2.32. The van der Waals surface area contributed by atoms with Crippen molar-refractivity contribution in [1.82, 2.24) is 19.5 Å². The first kappa shape index (κ1) is 17.5. The largest absolute Gasteiger partial charge is 0.416 e. The van der Waals surface area contributed by atoms with Gasteiger partial charge in [-0.25, -0.2) is 9.97 Å². The van der Waals surface area contributed by atoms with E-state index >= 15 is 0 Å². The molecule has 144 valence electrons. The van der Waals surface area contributed by atoms with Crippen molar-refractivity contribution in [3.63, 3.8) is 0 Å². The molecule has 0 aliphatic carbocycles. The fourth-order valence-electron chi connectivity index (χ4n) is 3.55. The van der Waals surface area contributed by atoms with Crippen LogP contribution in [-0.2, 0) is 12.7 Å². The summed E-state index contributed by atoms with van der Waals surface area (Å²) in [6, 6.07) is 10.5. The van der Waals surface area contributed by atoms with E-state index < -0.39 is 11.7 Å². The molecule has 1 aliphatic heterocycles. The van der Waals surface area contributed by atoms with Gasteiger partial charge < -0.3 is 0 Å². The minimum atomic E-state index is -4.50. The van der Waals surface area contributed by atoms with Crippen LogP contribution in [0.5, 0.6) is 0 Å². The first-order valence-corrected chi connectivity index (χ1v) is 8.95. The lowest BCUT2D eigenvalue weighted by atomic mass is 10.1. The number of allylic oxidation sites excluding steroid dienone is 1. The summed E-state index contributed by atoms with van der Waals surface area (Å²) in [4.78, 5) is 26.0. The first-order valence-electron chi connectivity index (χ1n) is 8.95. The maximum absolute atomic E-state index is 13.0. The van der Waals surface area contributed by atoms with Crippen LogP contribution in [0.2, 0.25) is 0 Å². The number of fused-ring (bicyclic) bond motifs is 3. The van der Waals surface area contributed by atoms with Crippen LogP contribution >= 0.6 is 0 Å². The minimum absolute atomic E-state index is 0.0356. The predicted octanol–water partition coefficient (Wildman–Crippen LogP) is 4.30. The maximum atomic E-state index is 13.0. The van der Waals surface area contributed by atoms with Crippen LogP contribution in [0.15, 0.2) is 53.5 Å². The number of nitrogens with zero attached hydrogens (tertiary/aromatic N) is 4. The molecule has 0 fully saturated rings. The van der Waals surface area contributed by atoms with Crippen molar-refractivity contribution in [2.75, 3.05) is 0 Å². The zero-order valence-corrected chi connectivity index (χ0v) is 14.9. The normalized spacial score (nSPS) is 15.3. The molecule has 0 saturated carbocycles. The Morgan fingerprint density at radius 3 is 2.59 bits per heavy atom. The van der Waals surface area contributed by atoms with E-state index in [0.29, 0.717) is 24.5 Å². The quantitative estimate of drug-likeness (QED) is 0.483. The summed E-state index contributed by atoms with van der Waals surface area (Å²) in [7, 11) is 0. The summed E-state index contributed by atoms with van der Waals surface area (Å²) in [6.07, 6.45) is -0.549. The molecule has 5 nitrogen and oxygen atoms in total. The van der Waals surface area contributed by atoms with Crippen molar-refractivity contribution in [2.24, 2.45) is 0 Å². The molecule has 2 aromatic carbocycles. The Morgan fingerprint density at radius 1 is 1.00 bits per heavy atom. The Hall–Kier alpha value is -3.55. The minimum Gasteiger partial charge on any atom is -0.292 e. The van der Waals surface area contributed by atoms with E-state index in [2.05, 4.69) is 15.0 Å². The molecule has 4 aromatic rings. The Kier molecular flexibility index (Phi) is 3.77. The predicted molar refractivity (Wildman–Crippen MR) is 103 cm³/mol. The zero-order chi connectivity index (χ0) is 20.2. The second-order valence-corrected chi connectivity index (χ2v) is 6.83. The molecule has 0 saturated heterocycles. The lowest BCUT2D eigenvalue weighted by Crippen LogP contribution is -2.21. The first-order chi connectivity index (χ1) is 13.9. The topological polar surface area (TPSA) is 60.7 Å². The van der Waals surface area contributed by atoms with E-state index in [0.717, 1.165) is 28.7 Å². The van der Waals surface area contributed by atoms with Crippen LogP contribution in [0, 0.1) is 0 Å². The SMILES string of the molecule is O=c1c2ccc(C(F)(F)F)cc2nc2n1CC/C2=C\c1cnc2ccccc2n1. The van der Waals surface area contributed by atoms with Crippen molar-refractivity contribution >= 4 is 33.6 Å². The average Bonchev–Trinajstić information content (AvgIpc) is 3.10. The smallest absolute Gasteiger partial charge is 0.292 e. The third kappa shape index (κ3) is 2.97. The number of aromatic nitrogens is 4. The molecular formula is C21H13F3N4O. The third-order valence-electron chi connectivity index (χ3n) is 4.96. The van der Waals surface area contributed by atoms with Crippen LogP contribution < -0.4 is 5.56 Å². The van der Waals surface area contributed by atoms with Crippen molar-refractivity contribution in [3.05, 3.63) is 76.1 Å². The number of para-hydroxylation sites is 2. The van der Waals surface area contributed by atoms with Gasteiger partial charge in [-0.05, 0) is 48.4 Å². The van der Waals surface area contributed by atoms with E-state index in [4.69, 9.17) is 0 Å². The van der Waals surface area contributed by atoms with Crippen LogP contribution in [0.3, 0.4) is 0 Å². The third-order valence-corrected chi connectivity index (χ3v) is 4.96. The van der Waals surface area contributed by atoms with Gasteiger partial charge in [0.25, 0.3) is 5.56 Å². The summed E-state index contributed by atoms with van der Waals surface area (Å²) in [5, 5.41) is 0.175. The number of benzene rings is 2. The molecule has 2 aromatic heterocycles. The summed E-state index contributed by atoms with van der Waals surface area (Å²) in [5.41, 5.74) is 1.71. The molecule has 0 radical (unpaired) electrons. The van der Waals surface area contributed by atoms with E-state index in [1.807, 2.05) is 24.3 Å². The van der Waals surface area contributed by atoms with Crippen molar-refractivity contribution in [2.45, 2.75) is 19.1 Å². The van der Waals surface area contributed by atoms with Crippen molar-refractivity contribution in [1.29, 1.82) is 0 Å². The Morgan fingerprint density at radius 2 is 1.79 bits per heavy atom. The zero-order valence-electron chi connectivity index (χ0n) is 14.9. The fourth-order valence-corrected chi connectivity index (χ4v) is 3.55. The van der Waals surface area contributed by atoms with E-state index in [-0.39, 0.29) is 16.5 Å². The molecular weight excluding hydrogens is 381 g/mol. The molecule has 0 atom stereocenters. The van der Waals surface area contributed by atoms with Gasteiger partial charge in [0.2, 0.25) is 0 Å². The molecule has 0 N–H and O–H groups in total. The molecule has 0 unspecified atom stereocenters. The van der Waals surface area contributed by atoms with E-state index in [1.165, 1.54) is 10.6 Å². The Bertz CT molecular complexity index is 1370. The van der Waals surface area contributed by atoms with Gasteiger partial charge in [-0.3, -0.25) is 14.3 Å². The van der Waals surface area contributed by atoms with Gasteiger partial charge in [-0.2, -0.15) is 13.2 Å². The second-order valence-electron chi connectivity index (χ2n) is 6.83. The summed E-state index contributed by atoms with van der Waals surface area (Å²) in [6.45, 7) is 0.422. The van der Waals surface area contributed by atoms with Gasteiger partial charge in [0.05, 0.1) is 39.4 Å². The summed E-state index contributed by atoms with van der Waals surface area (Å²) >= 11 is 0. The molecule has 1 aliphatic rings. The van der Waals surface area contributed by atoms with Crippen molar-refractivity contribution in [3.8, 4) is 0 Å². The Balaban J connectivity index is 1.65. The summed E-state index contributed by atoms with van der Waals surface area (Å²) in [5.74, 6) is 0.372.